The zero-order valence-corrected chi connectivity index (χ0v) is 16.4. The van der Waals surface area contributed by atoms with Crippen LogP contribution < -0.4 is 5.32 Å². The molecule has 0 aliphatic heterocycles. The number of amides is 1. The molecule has 0 rings (SSSR count). The van der Waals surface area contributed by atoms with Crippen LogP contribution in [-0.4, -0.2) is 52.6 Å². The molecule has 0 aliphatic rings. The third-order valence-corrected chi connectivity index (χ3v) is 4.41. The van der Waals surface area contributed by atoms with Crippen LogP contribution in [0.2, 0.25) is 0 Å². The van der Waals surface area contributed by atoms with Gasteiger partial charge in [-0.1, -0.05) is 70.4 Å². The second kappa shape index (κ2) is 21.0. The fourth-order valence-corrected chi connectivity index (χ4v) is 2.73. The Balaban J connectivity index is 0. The summed E-state index contributed by atoms with van der Waals surface area (Å²) in [5.74, 6) is -1.15. The Labute approximate surface area is 182 Å². The average molecular weight is 378 g/mol. The zero-order chi connectivity index (χ0) is 18.8. The number of aliphatic carboxylic acids is 1. The Morgan fingerprint density at radius 3 is 1.81 bits per heavy atom. The molecule has 0 aliphatic carbocycles. The molecule has 0 bridgehead atoms. The SMILES string of the molecule is CCCCCCCC/C=C\CCCCCCCC(=O)NC(C)C(=O)O.[NaH]. The maximum atomic E-state index is 11.5. The van der Waals surface area contributed by atoms with Crippen molar-refractivity contribution in [3.8, 4) is 0 Å². The molecule has 0 saturated heterocycles. The molecule has 1 atom stereocenters. The Morgan fingerprint density at radius 2 is 1.31 bits per heavy atom. The summed E-state index contributed by atoms with van der Waals surface area (Å²) in [6.45, 7) is 3.74. The minimum atomic E-state index is -0.988. The normalized spacial score (nSPS) is 11.9. The summed E-state index contributed by atoms with van der Waals surface area (Å²) in [5.41, 5.74) is 0. The van der Waals surface area contributed by atoms with Crippen LogP contribution in [0.4, 0.5) is 0 Å². The van der Waals surface area contributed by atoms with E-state index in [0.717, 1.165) is 25.7 Å². The van der Waals surface area contributed by atoms with Gasteiger partial charge in [0.05, 0.1) is 0 Å². The minimum absolute atomic E-state index is 0. The quantitative estimate of drug-likeness (QED) is 0.214. The van der Waals surface area contributed by atoms with Crippen molar-refractivity contribution >= 4 is 41.4 Å². The third kappa shape index (κ3) is 20.0. The first-order valence-electron chi connectivity index (χ1n) is 10.2. The van der Waals surface area contributed by atoms with Gasteiger partial charge < -0.3 is 10.4 Å². The van der Waals surface area contributed by atoms with Crippen molar-refractivity contribution in [3.63, 3.8) is 0 Å². The number of nitrogens with one attached hydrogen (secondary N) is 1. The van der Waals surface area contributed by atoms with Crippen molar-refractivity contribution in [2.45, 2.75) is 110 Å². The van der Waals surface area contributed by atoms with E-state index in [0.29, 0.717) is 6.42 Å². The van der Waals surface area contributed by atoms with Crippen LogP contribution in [0.15, 0.2) is 12.2 Å². The molecular formula is C21H40NNaO3. The molecular weight excluding hydrogens is 337 g/mol. The molecule has 26 heavy (non-hydrogen) atoms. The van der Waals surface area contributed by atoms with Gasteiger partial charge in [0.1, 0.15) is 6.04 Å². The predicted octanol–water partition coefficient (Wildman–Crippen LogP) is 4.96. The number of carbonyl (C=O) groups excluding carboxylic acids is 1. The van der Waals surface area contributed by atoms with Crippen LogP contribution in [0.25, 0.3) is 0 Å². The molecule has 0 radical (unpaired) electrons. The first kappa shape index (κ1) is 27.9. The number of hydrogen-bond donors (Lipinski definition) is 2. The van der Waals surface area contributed by atoms with Gasteiger partial charge in [0, 0.05) is 6.42 Å². The summed E-state index contributed by atoms with van der Waals surface area (Å²) in [5, 5.41) is 11.2. The molecule has 1 amide bonds. The van der Waals surface area contributed by atoms with E-state index in [1.165, 1.54) is 64.7 Å². The number of hydrogen-bond acceptors (Lipinski definition) is 2. The van der Waals surface area contributed by atoms with Gasteiger partial charge >= 0.3 is 35.5 Å². The van der Waals surface area contributed by atoms with Crippen LogP contribution in [0.1, 0.15) is 104 Å². The van der Waals surface area contributed by atoms with Crippen molar-refractivity contribution < 1.29 is 14.7 Å². The monoisotopic (exact) mass is 377 g/mol. The molecule has 0 spiro atoms. The van der Waals surface area contributed by atoms with Gasteiger partial charge in [-0.05, 0) is 39.0 Å². The van der Waals surface area contributed by atoms with E-state index in [4.69, 9.17) is 5.11 Å². The van der Waals surface area contributed by atoms with Crippen molar-refractivity contribution in [2.75, 3.05) is 0 Å². The summed E-state index contributed by atoms with van der Waals surface area (Å²) in [4.78, 5) is 22.1. The number of carboxylic acids is 1. The maximum absolute atomic E-state index is 11.5. The van der Waals surface area contributed by atoms with Gasteiger partial charge in [-0.2, -0.15) is 0 Å². The van der Waals surface area contributed by atoms with Gasteiger partial charge in [0.25, 0.3) is 0 Å². The van der Waals surface area contributed by atoms with Crippen LogP contribution in [0, 0.1) is 0 Å². The third-order valence-electron chi connectivity index (χ3n) is 4.41. The van der Waals surface area contributed by atoms with E-state index in [-0.39, 0.29) is 35.5 Å². The Morgan fingerprint density at radius 1 is 0.846 bits per heavy atom. The number of allylic oxidation sites excluding steroid dienone is 2. The standard InChI is InChI=1S/C21H39NO3.Na.H/c1-3-4-5-6-7-8-9-10-11-12-13-14-15-16-17-18-20(23)22-19(2)21(24)25;;/h10-11,19H,3-9,12-18H2,1-2H3,(H,22,23)(H,24,25);;/b11-10-;;. The molecule has 0 saturated carbocycles. The summed E-state index contributed by atoms with van der Waals surface area (Å²) in [6, 6.07) is -0.796. The molecule has 0 aromatic heterocycles. The molecule has 148 valence electrons. The summed E-state index contributed by atoms with van der Waals surface area (Å²) in [7, 11) is 0. The Bertz CT molecular complexity index is 372. The number of carbonyl (C=O) groups is 2. The van der Waals surface area contributed by atoms with Gasteiger partial charge in [0.15, 0.2) is 0 Å². The zero-order valence-electron chi connectivity index (χ0n) is 16.4. The van der Waals surface area contributed by atoms with Crippen molar-refractivity contribution in [2.24, 2.45) is 0 Å². The first-order valence-corrected chi connectivity index (χ1v) is 10.2. The predicted molar refractivity (Wildman–Crippen MR) is 112 cm³/mol. The number of carboxylic acid groups (broad SMARTS) is 1. The molecule has 0 aromatic rings. The van der Waals surface area contributed by atoms with Crippen LogP contribution in [-0.2, 0) is 9.59 Å². The average Bonchev–Trinajstić information content (AvgIpc) is 2.58. The van der Waals surface area contributed by atoms with E-state index in [2.05, 4.69) is 24.4 Å². The van der Waals surface area contributed by atoms with Crippen LogP contribution in [0.5, 0.6) is 0 Å². The van der Waals surface area contributed by atoms with E-state index in [1.807, 2.05) is 0 Å². The molecule has 0 aromatic carbocycles. The van der Waals surface area contributed by atoms with Crippen molar-refractivity contribution in [1.82, 2.24) is 5.32 Å². The molecule has 4 nitrogen and oxygen atoms in total. The van der Waals surface area contributed by atoms with Crippen molar-refractivity contribution in [3.05, 3.63) is 12.2 Å². The molecule has 0 heterocycles. The fourth-order valence-electron chi connectivity index (χ4n) is 2.73. The summed E-state index contributed by atoms with van der Waals surface area (Å²) < 4.78 is 0. The van der Waals surface area contributed by atoms with Gasteiger partial charge in [0.2, 0.25) is 5.91 Å². The summed E-state index contributed by atoms with van der Waals surface area (Å²) in [6.07, 6.45) is 21.0. The second-order valence-corrected chi connectivity index (χ2v) is 6.96. The van der Waals surface area contributed by atoms with E-state index >= 15 is 0 Å². The van der Waals surface area contributed by atoms with Gasteiger partial charge in [-0.15, -0.1) is 0 Å². The van der Waals surface area contributed by atoms with Crippen LogP contribution in [0.3, 0.4) is 0 Å². The van der Waals surface area contributed by atoms with E-state index in [9.17, 15) is 9.59 Å². The van der Waals surface area contributed by atoms with Gasteiger partial charge in [-0.25, -0.2) is 0 Å². The van der Waals surface area contributed by atoms with Crippen molar-refractivity contribution in [1.29, 1.82) is 0 Å². The van der Waals surface area contributed by atoms with E-state index in [1.54, 1.807) is 0 Å². The second-order valence-electron chi connectivity index (χ2n) is 6.96. The molecule has 1 unspecified atom stereocenters. The van der Waals surface area contributed by atoms with E-state index < -0.39 is 12.0 Å². The van der Waals surface area contributed by atoms with Gasteiger partial charge in [-0.3, -0.25) is 9.59 Å². The molecule has 2 N–H and O–H groups in total. The summed E-state index contributed by atoms with van der Waals surface area (Å²) >= 11 is 0. The fraction of sp³-hybridized carbons (Fsp3) is 0.810. The Kier molecular flexibility index (Phi) is 22.5. The number of rotatable bonds is 17. The number of unbranched alkanes of at least 4 members (excludes halogenated alkanes) is 11. The first-order chi connectivity index (χ1) is 12.1. The topological polar surface area (TPSA) is 66.4 Å². The Hall–Kier alpha value is -0.320. The molecule has 5 heteroatoms. The molecule has 0 fully saturated rings. The van der Waals surface area contributed by atoms with Crippen LogP contribution >= 0.6 is 0 Å².